The number of carboxylic acid groups (broad SMARTS) is 1. The Hall–Kier alpha value is -2.44. The number of hydrogen-bond donors (Lipinski definition) is 3. The number of rotatable bonds is 9. The molecule has 1 heterocycles. The van der Waals surface area contributed by atoms with Crippen molar-refractivity contribution in [2.24, 2.45) is 62.4 Å². The molecule has 0 aliphatic heterocycles. The molecule has 1 aromatic rings. The zero-order valence-electron chi connectivity index (χ0n) is 32.0. The lowest BCUT2D eigenvalue weighted by molar-refractivity contribution is -0.221. The van der Waals surface area contributed by atoms with Gasteiger partial charge in [-0.25, -0.2) is 0 Å². The first-order valence-corrected chi connectivity index (χ1v) is 19.9. The van der Waals surface area contributed by atoms with Crippen LogP contribution in [0.1, 0.15) is 119 Å². The van der Waals surface area contributed by atoms with Crippen LogP contribution >= 0.6 is 0 Å². The van der Waals surface area contributed by atoms with E-state index < -0.39 is 11.4 Å². The van der Waals surface area contributed by atoms with Crippen molar-refractivity contribution >= 4 is 5.97 Å². The number of aromatic nitrogens is 1. The Morgan fingerprint density at radius 1 is 1.00 bits per heavy atom. The molecule has 274 valence electrons. The van der Waals surface area contributed by atoms with E-state index in [0.717, 1.165) is 25.3 Å². The van der Waals surface area contributed by atoms with Crippen molar-refractivity contribution in [2.75, 3.05) is 19.7 Å². The summed E-state index contributed by atoms with van der Waals surface area (Å²) in [4.78, 5) is 16.8. The van der Waals surface area contributed by atoms with Crippen LogP contribution in [0.25, 0.3) is 0 Å². The SMILES string of the molecule is C=C(C)[C@@H]1CC[C@]2(NCCN)CC[C@]3(C)[C@H](CC[C@@H]4[C@@]5(C)CC=C(C6=CCC(COc7cccnc7)(C(=O)O)CC6)C(C)(C)[C@@H]5CC[C@]43C)[C@@H]12. The van der Waals surface area contributed by atoms with Crippen molar-refractivity contribution < 1.29 is 14.6 Å². The summed E-state index contributed by atoms with van der Waals surface area (Å²) in [6.07, 6.45) is 21.6. The molecule has 1 unspecified atom stereocenters. The van der Waals surface area contributed by atoms with Gasteiger partial charge in [0.05, 0.1) is 6.20 Å². The molecular weight excluding hydrogens is 619 g/mol. The first-order chi connectivity index (χ1) is 23.7. The fraction of sp³-hybridized carbons (Fsp3) is 0.727. The molecule has 4 saturated carbocycles. The summed E-state index contributed by atoms with van der Waals surface area (Å²) in [5.41, 5.74) is 10.6. The summed E-state index contributed by atoms with van der Waals surface area (Å²) in [7, 11) is 0. The molecule has 6 heteroatoms. The summed E-state index contributed by atoms with van der Waals surface area (Å²) in [5.74, 6) is 3.16. The number of aliphatic carboxylic acids is 1. The monoisotopic (exact) mass is 684 g/mol. The van der Waals surface area contributed by atoms with E-state index in [4.69, 9.17) is 10.5 Å². The van der Waals surface area contributed by atoms with E-state index in [1.54, 1.807) is 12.4 Å². The first kappa shape index (κ1) is 35.9. The van der Waals surface area contributed by atoms with Crippen LogP contribution in [0.2, 0.25) is 0 Å². The maximum atomic E-state index is 12.7. The number of pyridine rings is 1. The third-order valence-corrected chi connectivity index (χ3v) is 16.8. The van der Waals surface area contributed by atoms with Crippen LogP contribution in [0.15, 0.2) is 60.0 Å². The van der Waals surface area contributed by atoms with E-state index in [9.17, 15) is 9.90 Å². The van der Waals surface area contributed by atoms with Crippen LogP contribution < -0.4 is 15.8 Å². The fourth-order valence-electron chi connectivity index (χ4n) is 14.1. The van der Waals surface area contributed by atoms with E-state index in [-0.39, 0.29) is 23.0 Å². The molecule has 0 saturated heterocycles. The molecule has 0 bridgehead atoms. The quantitative estimate of drug-likeness (QED) is 0.225. The van der Waals surface area contributed by atoms with Crippen LogP contribution in [-0.2, 0) is 4.79 Å². The van der Waals surface area contributed by atoms with Crippen molar-refractivity contribution in [3.8, 4) is 5.75 Å². The Labute approximate surface area is 302 Å². The number of nitrogens with zero attached hydrogens (tertiary/aromatic N) is 1. The van der Waals surface area contributed by atoms with Crippen LogP contribution in [0.4, 0.5) is 0 Å². The molecule has 6 nitrogen and oxygen atoms in total. The van der Waals surface area contributed by atoms with Gasteiger partial charge in [-0.2, -0.15) is 0 Å². The Bertz CT molecular complexity index is 1550. The minimum Gasteiger partial charge on any atom is -0.491 e. The van der Waals surface area contributed by atoms with Gasteiger partial charge in [-0.05, 0) is 159 Å². The zero-order chi connectivity index (χ0) is 35.7. The molecule has 7 rings (SSSR count). The van der Waals surface area contributed by atoms with Gasteiger partial charge >= 0.3 is 5.97 Å². The number of ether oxygens (including phenoxy) is 1. The third-order valence-electron chi connectivity index (χ3n) is 16.8. The highest BCUT2D eigenvalue weighted by atomic mass is 16.5. The Morgan fingerprint density at radius 2 is 1.80 bits per heavy atom. The molecule has 4 fully saturated rings. The molecule has 6 aliphatic carbocycles. The zero-order valence-corrected chi connectivity index (χ0v) is 32.0. The number of carbonyl (C=O) groups is 1. The highest BCUT2D eigenvalue weighted by Gasteiger charge is 2.70. The molecule has 0 amide bonds. The lowest BCUT2D eigenvalue weighted by atomic mass is 9.33. The molecule has 6 aliphatic rings. The van der Waals surface area contributed by atoms with Crippen molar-refractivity contribution in [1.29, 1.82) is 0 Å². The lowest BCUT2D eigenvalue weighted by Gasteiger charge is -2.72. The van der Waals surface area contributed by atoms with Crippen molar-refractivity contribution in [3.63, 3.8) is 0 Å². The van der Waals surface area contributed by atoms with Crippen LogP contribution in [0, 0.1) is 56.7 Å². The van der Waals surface area contributed by atoms with Crippen LogP contribution in [0.3, 0.4) is 0 Å². The highest BCUT2D eigenvalue weighted by Crippen LogP contribution is 2.76. The van der Waals surface area contributed by atoms with Crippen molar-refractivity contribution in [1.82, 2.24) is 10.3 Å². The topological polar surface area (TPSA) is 97.5 Å². The van der Waals surface area contributed by atoms with Crippen molar-refractivity contribution in [3.05, 3.63) is 60.0 Å². The lowest BCUT2D eigenvalue weighted by Crippen LogP contribution is -2.68. The van der Waals surface area contributed by atoms with Gasteiger partial charge in [0, 0.05) is 24.8 Å². The highest BCUT2D eigenvalue weighted by molar-refractivity contribution is 5.75. The number of nitrogens with one attached hydrogen (secondary N) is 1. The number of carboxylic acids is 1. The third kappa shape index (κ3) is 5.23. The number of fused-ring (bicyclic) bond motifs is 7. The molecule has 4 N–H and O–H groups in total. The number of allylic oxidation sites excluding steroid dienone is 5. The van der Waals surface area contributed by atoms with Gasteiger partial charge in [-0.3, -0.25) is 9.78 Å². The van der Waals surface area contributed by atoms with Gasteiger partial charge in [-0.1, -0.05) is 58.9 Å². The number of nitrogens with two attached hydrogens (primary N) is 1. The molecule has 0 spiro atoms. The summed E-state index contributed by atoms with van der Waals surface area (Å²) in [6, 6.07) is 3.67. The molecule has 10 atom stereocenters. The van der Waals surface area contributed by atoms with E-state index in [1.807, 2.05) is 12.1 Å². The fourth-order valence-corrected chi connectivity index (χ4v) is 14.1. The predicted octanol–water partition coefficient (Wildman–Crippen LogP) is 9.14. The Balaban J connectivity index is 1.15. The van der Waals surface area contributed by atoms with Gasteiger partial charge in [0.25, 0.3) is 0 Å². The van der Waals surface area contributed by atoms with Crippen molar-refractivity contribution in [2.45, 2.75) is 124 Å². The largest absolute Gasteiger partial charge is 0.491 e. The van der Waals surface area contributed by atoms with Gasteiger partial charge < -0.3 is 20.9 Å². The summed E-state index contributed by atoms with van der Waals surface area (Å²) in [6.45, 7) is 21.8. The maximum absolute atomic E-state index is 12.7. The summed E-state index contributed by atoms with van der Waals surface area (Å²) < 4.78 is 5.98. The minimum absolute atomic E-state index is 0.0394. The molecule has 50 heavy (non-hydrogen) atoms. The summed E-state index contributed by atoms with van der Waals surface area (Å²) in [5, 5.41) is 14.5. The van der Waals surface area contributed by atoms with Crippen LogP contribution in [0.5, 0.6) is 5.75 Å². The molecule has 0 aromatic carbocycles. The Morgan fingerprint density at radius 3 is 2.46 bits per heavy atom. The van der Waals surface area contributed by atoms with E-state index in [1.165, 1.54) is 68.1 Å². The average Bonchev–Trinajstić information content (AvgIpc) is 3.47. The van der Waals surface area contributed by atoms with E-state index in [2.05, 4.69) is 70.6 Å². The normalized spacial score (nSPS) is 43.3. The second-order valence-corrected chi connectivity index (χ2v) is 19.1. The average molecular weight is 684 g/mol. The van der Waals surface area contributed by atoms with Gasteiger partial charge in [0.2, 0.25) is 0 Å². The second kappa shape index (κ2) is 12.6. The van der Waals surface area contributed by atoms with Gasteiger partial charge in [0.15, 0.2) is 0 Å². The van der Waals surface area contributed by atoms with Crippen LogP contribution in [-0.4, -0.2) is 41.3 Å². The Kier molecular flexibility index (Phi) is 9.06. The predicted molar refractivity (Wildman–Crippen MR) is 202 cm³/mol. The molecular formula is C44H65N3O3. The smallest absolute Gasteiger partial charge is 0.313 e. The van der Waals surface area contributed by atoms with Gasteiger partial charge in [0.1, 0.15) is 17.8 Å². The second-order valence-electron chi connectivity index (χ2n) is 19.1. The number of hydrogen-bond acceptors (Lipinski definition) is 5. The van der Waals surface area contributed by atoms with E-state index >= 15 is 0 Å². The maximum Gasteiger partial charge on any atom is 0.313 e. The standard InChI is InChI=1S/C44H65N3O3/c1-29(2)32-14-21-44(47-26-24-45)23-22-41(6)34(37(32)44)10-11-36-40(5)17-15-33(39(3,4)35(40)16-18-42(36,41)7)30-12-19-43(20-13-30,38(48)49)28-50-31-9-8-25-46-27-31/h8-9,12,15,25,27,32,34-37,47H,1,10-11,13-14,16-24,26,28,45H2,2-7H3,(H,48,49)/t32-,34+,35-,36+,37+,40-,41+,42+,43?,44-/m0/s1. The first-order valence-electron chi connectivity index (χ1n) is 19.9. The van der Waals surface area contributed by atoms with E-state index in [0.29, 0.717) is 59.6 Å². The minimum atomic E-state index is -0.909. The van der Waals surface area contributed by atoms with Gasteiger partial charge in [-0.15, -0.1) is 0 Å². The molecule has 0 radical (unpaired) electrons. The summed E-state index contributed by atoms with van der Waals surface area (Å²) >= 11 is 0. The molecule has 1 aromatic heterocycles.